The molecule has 1 saturated carbocycles. The normalized spacial score (nSPS) is 19.2. The number of carbonyl (C=O) groups excluding carboxylic acids is 2. The van der Waals surface area contributed by atoms with Crippen LogP contribution < -0.4 is 10.5 Å². The maximum absolute atomic E-state index is 12.7. The molecule has 0 bridgehead atoms. The van der Waals surface area contributed by atoms with Crippen LogP contribution in [0.1, 0.15) is 61.1 Å². The van der Waals surface area contributed by atoms with Crippen LogP contribution in [0.2, 0.25) is 0 Å². The van der Waals surface area contributed by atoms with Crippen LogP contribution in [-0.2, 0) is 22.4 Å². The van der Waals surface area contributed by atoms with Crippen molar-refractivity contribution in [2.45, 2.75) is 52.4 Å². The average molecular weight is 400 g/mol. The van der Waals surface area contributed by atoms with Crippen molar-refractivity contribution in [2.75, 3.05) is 6.61 Å². The van der Waals surface area contributed by atoms with Gasteiger partial charge in [0.1, 0.15) is 5.75 Å². The van der Waals surface area contributed by atoms with E-state index in [1.165, 1.54) is 12.8 Å². The van der Waals surface area contributed by atoms with Gasteiger partial charge in [0.25, 0.3) is 11.7 Å². The number of aliphatic carboxylic acids is 1. The molecule has 0 saturated heterocycles. The molecular formula is C22H28N2O5. The van der Waals surface area contributed by atoms with E-state index in [1.54, 1.807) is 12.1 Å². The standard InChI is InChI=1S/C22H28N2O5/c1-3-15-16(11-14-8-6-13(2)7-9-14)24-10-4-5-17(29-12-18(25)26)20(24)19(15)21(27)22(23)28/h4-5,10,13-14H,3,6-9,11-12H2,1-2H3,(H2,23,28)(H,25,26). The van der Waals surface area contributed by atoms with Crippen molar-refractivity contribution in [3.63, 3.8) is 0 Å². The Morgan fingerprint density at radius 1 is 1.24 bits per heavy atom. The second-order valence-corrected chi connectivity index (χ2v) is 7.95. The molecule has 1 aliphatic rings. The monoisotopic (exact) mass is 400 g/mol. The van der Waals surface area contributed by atoms with Crippen molar-refractivity contribution in [3.05, 3.63) is 35.2 Å². The summed E-state index contributed by atoms with van der Waals surface area (Å²) in [5.41, 5.74) is 7.76. The van der Waals surface area contributed by atoms with Crippen molar-refractivity contribution in [3.8, 4) is 5.75 Å². The number of pyridine rings is 1. The SMILES string of the molecule is CCc1c(C(=O)C(N)=O)c2c(OCC(=O)O)cccn2c1CC1CCC(C)CC1. The van der Waals surface area contributed by atoms with E-state index < -0.39 is 24.3 Å². The van der Waals surface area contributed by atoms with Gasteiger partial charge in [-0.3, -0.25) is 9.59 Å². The summed E-state index contributed by atoms with van der Waals surface area (Å²) in [5, 5.41) is 8.98. The second-order valence-electron chi connectivity index (χ2n) is 7.95. The summed E-state index contributed by atoms with van der Waals surface area (Å²) in [7, 11) is 0. The molecule has 2 aromatic rings. The van der Waals surface area contributed by atoms with Crippen LogP contribution in [0.5, 0.6) is 5.75 Å². The number of nitrogens with two attached hydrogens (primary N) is 1. The first kappa shape index (κ1) is 20.9. The Morgan fingerprint density at radius 3 is 2.52 bits per heavy atom. The highest BCUT2D eigenvalue weighted by Gasteiger charge is 2.29. The third-order valence-electron chi connectivity index (χ3n) is 5.91. The molecule has 1 aliphatic carbocycles. The first-order valence-corrected chi connectivity index (χ1v) is 10.2. The fourth-order valence-electron chi connectivity index (χ4n) is 4.42. The molecule has 0 unspecified atom stereocenters. The molecule has 0 aliphatic heterocycles. The summed E-state index contributed by atoms with van der Waals surface area (Å²) >= 11 is 0. The summed E-state index contributed by atoms with van der Waals surface area (Å²) < 4.78 is 7.32. The molecule has 2 aromatic heterocycles. The van der Waals surface area contributed by atoms with Gasteiger partial charge >= 0.3 is 5.97 Å². The van der Waals surface area contributed by atoms with Gasteiger partial charge < -0.3 is 20.0 Å². The minimum Gasteiger partial charge on any atom is -0.480 e. The van der Waals surface area contributed by atoms with Crippen molar-refractivity contribution in [1.29, 1.82) is 0 Å². The minimum atomic E-state index is -1.12. The fraction of sp³-hybridized carbons (Fsp3) is 0.500. The molecule has 0 atom stereocenters. The molecule has 2 heterocycles. The summed E-state index contributed by atoms with van der Waals surface area (Å²) in [5.74, 6) is -1.41. The Hall–Kier alpha value is -2.83. The van der Waals surface area contributed by atoms with E-state index in [-0.39, 0.29) is 11.3 Å². The molecule has 1 amide bonds. The zero-order chi connectivity index (χ0) is 21.1. The predicted molar refractivity (Wildman–Crippen MR) is 108 cm³/mol. The highest BCUT2D eigenvalue weighted by atomic mass is 16.5. The maximum Gasteiger partial charge on any atom is 0.341 e. The van der Waals surface area contributed by atoms with E-state index in [2.05, 4.69) is 6.92 Å². The Labute approximate surface area is 169 Å². The highest BCUT2D eigenvalue weighted by molar-refractivity contribution is 6.44. The Kier molecular flexibility index (Phi) is 6.25. The van der Waals surface area contributed by atoms with E-state index in [4.69, 9.17) is 15.6 Å². The molecule has 29 heavy (non-hydrogen) atoms. The third-order valence-corrected chi connectivity index (χ3v) is 5.91. The number of fused-ring (bicyclic) bond motifs is 1. The molecule has 0 spiro atoms. The maximum atomic E-state index is 12.7. The number of carboxylic acid groups (broad SMARTS) is 1. The van der Waals surface area contributed by atoms with Gasteiger partial charge in [-0.2, -0.15) is 0 Å². The first-order chi connectivity index (χ1) is 13.8. The van der Waals surface area contributed by atoms with E-state index >= 15 is 0 Å². The molecule has 156 valence electrons. The van der Waals surface area contributed by atoms with Gasteiger partial charge in [0.05, 0.1) is 11.1 Å². The smallest absolute Gasteiger partial charge is 0.341 e. The zero-order valence-corrected chi connectivity index (χ0v) is 16.9. The largest absolute Gasteiger partial charge is 0.480 e. The summed E-state index contributed by atoms with van der Waals surface area (Å²) in [6.45, 7) is 3.68. The molecular weight excluding hydrogens is 372 g/mol. The summed E-state index contributed by atoms with van der Waals surface area (Å²) in [6.07, 6.45) is 7.84. The van der Waals surface area contributed by atoms with Crippen molar-refractivity contribution < 1.29 is 24.2 Å². The van der Waals surface area contributed by atoms with E-state index in [9.17, 15) is 14.4 Å². The van der Waals surface area contributed by atoms with Gasteiger partial charge in [0.15, 0.2) is 6.61 Å². The topological polar surface area (TPSA) is 111 Å². The zero-order valence-electron chi connectivity index (χ0n) is 16.9. The Morgan fingerprint density at radius 2 is 1.93 bits per heavy atom. The number of ether oxygens (including phenoxy) is 1. The van der Waals surface area contributed by atoms with Crippen LogP contribution in [-0.4, -0.2) is 33.8 Å². The Bertz CT molecular complexity index is 938. The number of aromatic nitrogens is 1. The quantitative estimate of drug-likeness (QED) is 0.523. The van der Waals surface area contributed by atoms with Crippen LogP contribution in [0.4, 0.5) is 0 Å². The van der Waals surface area contributed by atoms with Crippen LogP contribution >= 0.6 is 0 Å². The molecule has 1 fully saturated rings. The fourth-order valence-corrected chi connectivity index (χ4v) is 4.42. The first-order valence-electron chi connectivity index (χ1n) is 10.2. The van der Waals surface area contributed by atoms with Gasteiger partial charge in [-0.25, -0.2) is 4.79 Å². The van der Waals surface area contributed by atoms with Crippen LogP contribution in [0.15, 0.2) is 18.3 Å². The lowest BCUT2D eigenvalue weighted by Gasteiger charge is -2.26. The predicted octanol–water partition coefficient (Wildman–Crippen LogP) is 3.00. The number of rotatable bonds is 8. The third kappa shape index (κ3) is 4.28. The minimum absolute atomic E-state index is 0.236. The molecule has 0 aromatic carbocycles. The van der Waals surface area contributed by atoms with Gasteiger partial charge in [0, 0.05) is 11.9 Å². The van der Waals surface area contributed by atoms with Gasteiger partial charge in [-0.15, -0.1) is 0 Å². The van der Waals surface area contributed by atoms with E-state index in [0.29, 0.717) is 17.9 Å². The lowest BCUT2D eigenvalue weighted by Crippen LogP contribution is -2.24. The van der Waals surface area contributed by atoms with E-state index in [0.717, 1.165) is 36.4 Å². The van der Waals surface area contributed by atoms with E-state index in [1.807, 2.05) is 17.5 Å². The van der Waals surface area contributed by atoms with Gasteiger partial charge in [0.2, 0.25) is 0 Å². The number of amides is 1. The number of carbonyl (C=O) groups is 3. The van der Waals surface area contributed by atoms with Crippen molar-refractivity contribution >= 4 is 23.2 Å². The Balaban J connectivity index is 2.14. The molecule has 7 heteroatoms. The molecule has 3 rings (SSSR count). The molecule has 0 radical (unpaired) electrons. The number of primary amides is 1. The average Bonchev–Trinajstić information content (AvgIpc) is 3.01. The van der Waals surface area contributed by atoms with Crippen molar-refractivity contribution in [1.82, 2.24) is 4.40 Å². The number of hydrogen-bond acceptors (Lipinski definition) is 4. The van der Waals surface area contributed by atoms with Crippen LogP contribution in [0, 0.1) is 11.8 Å². The molecule has 3 N–H and O–H groups in total. The number of carboxylic acids is 1. The number of hydrogen-bond donors (Lipinski definition) is 2. The number of ketones is 1. The van der Waals surface area contributed by atoms with Gasteiger partial charge in [-0.05, 0) is 55.2 Å². The lowest BCUT2D eigenvalue weighted by atomic mass is 9.80. The summed E-state index contributed by atoms with van der Waals surface area (Å²) in [4.78, 5) is 35.5. The van der Waals surface area contributed by atoms with Crippen LogP contribution in [0.25, 0.3) is 5.52 Å². The number of nitrogens with zero attached hydrogens (tertiary/aromatic N) is 1. The van der Waals surface area contributed by atoms with Crippen LogP contribution in [0.3, 0.4) is 0 Å². The van der Waals surface area contributed by atoms with Gasteiger partial charge in [-0.1, -0.05) is 26.7 Å². The molecule has 7 nitrogen and oxygen atoms in total. The summed E-state index contributed by atoms with van der Waals surface area (Å²) in [6, 6.07) is 3.37. The lowest BCUT2D eigenvalue weighted by molar-refractivity contribution is -0.139. The number of Topliss-reactive ketones (excluding diaryl/α,β-unsaturated/α-hetero) is 1. The second kappa shape index (κ2) is 8.68. The highest BCUT2D eigenvalue weighted by Crippen LogP contribution is 2.36. The van der Waals surface area contributed by atoms with Crippen molar-refractivity contribution in [2.24, 2.45) is 17.6 Å².